The Labute approximate surface area is 222 Å². The first-order valence-corrected chi connectivity index (χ1v) is 13.7. The van der Waals surface area contributed by atoms with Crippen molar-refractivity contribution in [3.63, 3.8) is 0 Å². The minimum absolute atomic E-state index is 0.124. The molecule has 0 atom stereocenters. The summed E-state index contributed by atoms with van der Waals surface area (Å²) in [5.41, 5.74) is 8.17. The van der Waals surface area contributed by atoms with Gasteiger partial charge in [0.1, 0.15) is 0 Å². The van der Waals surface area contributed by atoms with Gasteiger partial charge in [-0.1, -0.05) is 30.0 Å². The standard InChI is InChI=1S/C30H33N5OS/c1-32(2)20-9-11-26-28(17-20)37-29-18-21(33(3)4)10-12-27(29)35(26)30(36)14-16-34-24-8-6-5-7-22(24)23-19-31-15-13-25(23)34/h5-12,17-18,31H,13-16,19H2,1-4H3. The Morgan fingerprint density at radius 3 is 2.22 bits per heavy atom. The highest BCUT2D eigenvalue weighted by Crippen LogP contribution is 2.50. The summed E-state index contributed by atoms with van der Waals surface area (Å²) in [4.78, 5) is 22.4. The van der Waals surface area contributed by atoms with E-state index in [1.165, 1.54) is 22.2 Å². The van der Waals surface area contributed by atoms with Gasteiger partial charge in [-0.15, -0.1) is 0 Å². The van der Waals surface area contributed by atoms with Gasteiger partial charge in [0.05, 0.1) is 11.4 Å². The Bertz CT molecular complexity index is 1450. The van der Waals surface area contributed by atoms with E-state index in [1.807, 2.05) is 33.1 Å². The van der Waals surface area contributed by atoms with E-state index >= 15 is 0 Å². The highest BCUT2D eigenvalue weighted by Gasteiger charge is 2.29. The van der Waals surface area contributed by atoms with Crippen molar-refractivity contribution in [2.75, 3.05) is 49.4 Å². The van der Waals surface area contributed by atoms with Crippen LogP contribution >= 0.6 is 11.8 Å². The lowest BCUT2D eigenvalue weighted by Crippen LogP contribution is -2.30. The number of carbonyl (C=O) groups is 1. The zero-order valence-corrected chi connectivity index (χ0v) is 22.7. The maximum absolute atomic E-state index is 14.0. The summed E-state index contributed by atoms with van der Waals surface area (Å²) in [7, 11) is 8.20. The molecular weight excluding hydrogens is 478 g/mol. The van der Waals surface area contributed by atoms with Crippen LogP contribution in [-0.2, 0) is 24.3 Å². The molecule has 3 aromatic carbocycles. The number of benzene rings is 3. The van der Waals surface area contributed by atoms with Crippen LogP contribution < -0.4 is 20.0 Å². The monoisotopic (exact) mass is 511 g/mol. The van der Waals surface area contributed by atoms with Crippen LogP contribution in [0.15, 0.2) is 70.5 Å². The molecule has 0 radical (unpaired) electrons. The summed E-state index contributed by atoms with van der Waals surface area (Å²) in [6.45, 7) is 2.54. The second kappa shape index (κ2) is 9.47. The van der Waals surface area contributed by atoms with Crippen molar-refractivity contribution in [2.24, 2.45) is 0 Å². The molecule has 0 spiro atoms. The summed E-state index contributed by atoms with van der Waals surface area (Å²) >= 11 is 1.74. The number of anilines is 4. The summed E-state index contributed by atoms with van der Waals surface area (Å²) in [6.07, 6.45) is 1.43. The van der Waals surface area contributed by atoms with E-state index in [-0.39, 0.29) is 5.91 Å². The van der Waals surface area contributed by atoms with Crippen LogP contribution in [0.2, 0.25) is 0 Å². The first-order valence-electron chi connectivity index (χ1n) is 12.9. The average molecular weight is 512 g/mol. The van der Waals surface area contributed by atoms with Gasteiger partial charge >= 0.3 is 0 Å². The fourth-order valence-corrected chi connectivity index (χ4v) is 6.64. The zero-order chi connectivity index (χ0) is 25.7. The quantitative estimate of drug-likeness (QED) is 0.376. The van der Waals surface area contributed by atoms with Gasteiger partial charge in [0.15, 0.2) is 0 Å². The lowest BCUT2D eigenvalue weighted by Gasteiger charge is -2.33. The molecule has 6 rings (SSSR count). The fraction of sp³-hybridized carbons (Fsp3) is 0.300. The second-order valence-corrected chi connectivity index (χ2v) is 11.3. The van der Waals surface area contributed by atoms with Crippen molar-refractivity contribution < 1.29 is 4.79 Å². The minimum atomic E-state index is 0.124. The number of para-hydroxylation sites is 1. The first kappa shape index (κ1) is 23.9. The number of rotatable bonds is 5. The average Bonchev–Trinajstić information content (AvgIpc) is 3.23. The molecule has 2 aliphatic rings. The van der Waals surface area contributed by atoms with E-state index in [0.717, 1.165) is 52.1 Å². The lowest BCUT2D eigenvalue weighted by molar-refractivity contribution is -0.118. The molecule has 0 saturated heterocycles. The van der Waals surface area contributed by atoms with Gasteiger partial charge in [0, 0.05) is 98.4 Å². The SMILES string of the molecule is CN(C)c1ccc2c(c1)Sc1cc(N(C)C)ccc1N2C(=O)CCn1c2c(c3ccccc31)CNCC2. The maximum atomic E-state index is 14.0. The van der Waals surface area contributed by atoms with E-state index in [2.05, 4.69) is 80.3 Å². The Hall–Kier alpha value is -3.42. The number of fused-ring (bicyclic) bond motifs is 5. The minimum Gasteiger partial charge on any atom is -0.378 e. The molecule has 0 bridgehead atoms. The summed E-state index contributed by atoms with van der Waals surface area (Å²) < 4.78 is 2.38. The maximum Gasteiger partial charge on any atom is 0.233 e. The zero-order valence-electron chi connectivity index (χ0n) is 21.9. The number of nitrogens with one attached hydrogen (secondary N) is 1. The van der Waals surface area contributed by atoms with Crippen LogP contribution in [0.3, 0.4) is 0 Å². The number of nitrogens with zero attached hydrogens (tertiary/aromatic N) is 4. The third-order valence-electron chi connectivity index (χ3n) is 7.45. The van der Waals surface area contributed by atoms with Gasteiger partial charge in [0.25, 0.3) is 0 Å². The Balaban J connectivity index is 1.37. The molecule has 2 aliphatic heterocycles. The largest absolute Gasteiger partial charge is 0.378 e. The normalized spacial score (nSPS) is 14.2. The van der Waals surface area contributed by atoms with Gasteiger partial charge in [-0.3, -0.25) is 9.69 Å². The van der Waals surface area contributed by atoms with Crippen molar-refractivity contribution in [1.82, 2.24) is 9.88 Å². The van der Waals surface area contributed by atoms with Gasteiger partial charge in [-0.2, -0.15) is 0 Å². The van der Waals surface area contributed by atoms with E-state index in [9.17, 15) is 4.79 Å². The van der Waals surface area contributed by atoms with E-state index in [0.29, 0.717) is 13.0 Å². The van der Waals surface area contributed by atoms with Crippen LogP contribution in [0, 0.1) is 0 Å². The molecule has 0 aliphatic carbocycles. The van der Waals surface area contributed by atoms with Crippen molar-refractivity contribution >= 4 is 51.3 Å². The lowest BCUT2D eigenvalue weighted by atomic mass is 10.1. The van der Waals surface area contributed by atoms with E-state index < -0.39 is 0 Å². The van der Waals surface area contributed by atoms with Crippen LogP contribution in [0.1, 0.15) is 17.7 Å². The topological polar surface area (TPSA) is 43.8 Å². The van der Waals surface area contributed by atoms with Gasteiger partial charge in [-0.25, -0.2) is 0 Å². The first-order chi connectivity index (χ1) is 17.9. The number of amides is 1. The highest BCUT2D eigenvalue weighted by atomic mass is 32.2. The summed E-state index contributed by atoms with van der Waals surface area (Å²) in [5.74, 6) is 0.124. The van der Waals surface area contributed by atoms with Crippen LogP contribution in [0.4, 0.5) is 22.7 Å². The number of aryl methyl sites for hydroxylation is 1. The molecule has 3 heterocycles. The molecule has 1 N–H and O–H groups in total. The predicted octanol–water partition coefficient (Wildman–Crippen LogP) is 5.64. The van der Waals surface area contributed by atoms with E-state index in [4.69, 9.17) is 0 Å². The van der Waals surface area contributed by atoms with Crippen molar-refractivity contribution in [3.8, 4) is 0 Å². The Kier molecular flexibility index (Phi) is 6.13. The number of hydrogen-bond acceptors (Lipinski definition) is 5. The Morgan fingerprint density at radius 1 is 0.919 bits per heavy atom. The molecule has 1 aromatic heterocycles. The highest BCUT2D eigenvalue weighted by molar-refractivity contribution is 7.99. The predicted molar refractivity (Wildman–Crippen MR) is 155 cm³/mol. The molecule has 190 valence electrons. The molecule has 0 fully saturated rings. The molecule has 1 amide bonds. The molecular formula is C30H33N5OS. The number of hydrogen-bond donors (Lipinski definition) is 1. The number of aromatic nitrogens is 1. The third-order valence-corrected chi connectivity index (χ3v) is 8.55. The second-order valence-electron chi connectivity index (χ2n) is 10.2. The molecule has 6 nitrogen and oxygen atoms in total. The van der Waals surface area contributed by atoms with Gasteiger partial charge < -0.3 is 19.7 Å². The van der Waals surface area contributed by atoms with Crippen molar-refractivity contribution in [3.05, 3.63) is 71.9 Å². The molecule has 37 heavy (non-hydrogen) atoms. The molecule has 0 unspecified atom stereocenters. The molecule has 4 aromatic rings. The molecule has 0 saturated carbocycles. The summed E-state index contributed by atoms with van der Waals surface area (Å²) in [6, 6.07) is 21.4. The van der Waals surface area contributed by atoms with Gasteiger partial charge in [-0.05, 0) is 48.0 Å². The fourth-order valence-electron chi connectivity index (χ4n) is 5.52. The molecule has 7 heteroatoms. The van der Waals surface area contributed by atoms with Crippen molar-refractivity contribution in [1.29, 1.82) is 0 Å². The van der Waals surface area contributed by atoms with E-state index in [1.54, 1.807) is 11.8 Å². The third kappa shape index (κ3) is 4.16. The smallest absolute Gasteiger partial charge is 0.233 e. The summed E-state index contributed by atoms with van der Waals surface area (Å²) in [5, 5.41) is 4.81. The van der Waals surface area contributed by atoms with Crippen LogP contribution in [0.25, 0.3) is 10.9 Å². The van der Waals surface area contributed by atoms with Crippen LogP contribution in [-0.4, -0.2) is 45.2 Å². The van der Waals surface area contributed by atoms with Crippen molar-refractivity contribution in [2.45, 2.75) is 35.7 Å². The van der Waals surface area contributed by atoms with Crippen LogP contribution in [0.5, 0.6) is 0 Å². The number of carbonyl (C=O) groups excluding carboxylic acids is 1. The van der Waals surface area contributed by atoms with Gasteiger partial charge in [0.2, 0.25) is 5.91 Å². The Morgan fingerprint density at radius 2 is 1.57 bits per heavy atom.